The number of hydrogen-bond acceptors (Lipinski definition) is 7. The number of halogens is 2. The van der Waals surface area contributed by atoms with Crippen molar-refractivity contribution in [1.82, 2.24) is 5.32 Å². The van der Waals surface area contributed by atoms with Gasteiger partial charge in [0, 0.05) is 22.0 Å². The Morgan fingerprint density at radius 3 is 2.35 bits per heavy atom. The van der Waals surface area contributed by atoms with Gasteiger partial charge >= 0.3 is 11.9 Å². The van der Waals surface area contributed by atoms with Crippen molar-refractivity contribution in [2.45, 2.75) is 38.2 Å². The van der Waals surface area contributed by atoms with Gasteiger partial charge in [0.2, 0.25) is 0 Å². The number of carbonyl (C=O) groups excluding carboxylic acids is 2. The van der Waals surface area contributed by atoms with Gasteiger partial charge in [0.15, 0.2) is 12.2 Å². The van der Waals surface area contributed by atoms with Crippen molar-refractivity contribution in [3.63, 3.8) is 0 Å². The van der Waals surface area contributed by atoms with Gasteiger partial charge in [0.1, 0.15) is 25.2 Å². The topological polar surface area (TPSA) is 120 Å². The van der Waals surface area contributed by atoms with E-state index in [9.17, 15) is 19.5 Å². The van der Waals surface area contributed by atoms with E-state index >= 15 is 0 Å². The molecule has 1 fully saturated rings. The van der Waals surface area contributed by atoms with Crippen LogP contribution in [0.2, 0.25) is 10.0 Å². The number of hydrogen-bond donors (Lipinski definition) is 2. The summed E-state index contributed by atoms with van der Waals surface area (Å²) in [5.74, 6) is -2.24. The standard InChI is InChI=1S/C23H23Cl2NO8/c1-2-31-23(30)20-19(33-12-34-20)21(27)26-18(22(28)29)10-13-6-8-14(9-7-13)32-11-15-16(24)4-3-5-17(15)25/h3-9,18-20H,2,10-12H2,1H3,(H,26,27)(H,28,29). The van der Waals surface area contributed by atoms with E-state index in [0.29, 0.717) is 26.9 Å². The molecule has 0 bridgehead atoms. The lowest BCUT2D eigenvalue weighted by Crippen LogP contribution is -2.50. The summed E-state index contributed by atoms with van der Waals surface area (Å²) in [6.45, 7) is 1.61. The molecule has 3 rings (SSSR count). The molecule has 0 radical (unpaired) electrons. The van der Waals surface area contributed by atoms with E-state index in [0.717, 1.165) is 0 Å². The second-order valence-electron chi connectivity index (χ2n) is 7.28. The van der Waals surface area contributed by atoms with Crippen LogP contribution in [0.5, 0.6) is 5.75 Å². The Bertz CT molecular complexity index is 1010. The molecular weight excluding hydrogens is 489 g/mol. The molecule has 0 spiro atoms. The summed E-state index contributed by atoms with van der Waals surface area (Å²) >= 11 is 12.3. The van der Waals surface area contributed by atoms with Gasteiger partial charge in [0.25, 0.3) is 5.91 Å². The number of carboxylic acids is 1. The molecule has 0 aromatic heterocycles. The SMILES string of the molecule is CCOC(=O)C1OCOC1C(=O)NC(Cc1ccc(OCc2c(Cl)cccc2Cl)cc1)C(=O)O. The monoisotopic (exact) mass is 511 g/mol. The van der Waals surface area contributed by atoms with Gasteiger partial charge in [-0.2, -0.15) is 0 Å². The van der Waals surface area contributed by atoms with Crippen molar-refractivity contribution < 1.29 is 38.4 Å². The Morgan fingerprint density at radius 1 is 1.09 bits per heavy atom. The molecule has 1 saturated heterocycles. The van der Waals surface area contributed by atoms with E-state index in [2.05, 4.69) is 5.32 Å². The highest BCUT2D eigenvalue weighted by Gasteiger charge is 2.42. The predicted molar refractivity (Wildman–Crippen MR) is 122 cm³/mol. The van der Waals surface area contributed by atoms with Gasteiger partial charge < -0.3 is 29.4 Å². The van der Waals surface area contributed by atoms with Gasteiger partial charge in [-0.3, -0.25) is 4.79 Å². The zero-order valence-electron chi connectivity index (χ0n) is 18.2. The van der Waals surface area contributed by atoms with Gasteiger partial charge in [0.05, 0.1) is 6.61 Å². The Hall–Kier alpha value is -2.85. The number of carboxylic acid groups (broad SMARTS) is 1. The third-order valence-corrected chi connectivity index (χ3v) is 5.68. The summed E-state index contributed by atoms with van der Waals surface area (Å²) in [6, 6.07) is 10.6. The highest BCUT2D eigenvalue weighted by atomic mass is 35.5. The molecule has 11 heteroatoms. The first kappa shape index (κ1) is 25.8. The maximum Gasteiger partial charge on any atom is 0.338 e. The fourth-order valence-electron chi connectivity index (χ4n) is 3.23. The van der Waals surface area contributed by atoms with Crippen LogP contribution in [0.4, 0.5) is 0 Å². The Kier molecular flexibility index (Phi) is 9.12. The third-order valence-electron chi connectivity index (χ3n) is 4.97. The number of benzene rings is 2. The van der Waals surface area contributed by atoms with Crippen LogP contribution < -0.4 is 10.1 Å². The molecule has 0 saturated carbocycles. The number of amides is 1. The third kappa shape index (κ3) is 6.60. The number of aliphatic carboxylic acids is 1. The number of esters is 1. The molecule has 9 nitrogen and oxygen atoms in total. The highest BCUT2D eigenvalue weighted by Crippen LogP contribution is 2.26. The molecule has 1 amide bonds. The summed E-state index contributed by atoms with van der Waals surface area (Å²) < 4.78 is 20.8. The summed E-state index contributed by atoms with van der Waals surface area (Å²) in [4.78, 5) is 36.2. The normalized spacial score (nSPS) is 18.2. The Morgan fingerprint density at radius 2 is 1.74 bits per heavy atom. The van der Waals surface area contributed by atoms with Crippen molar-refractivity contribution in [1.29, 1.82) is 0 Å². The van der Waals surface area contributed by atoms with Gasteiger partial charge in [-0.25, -0.2) is 9.59 Å². The molecule has 2 aromatic rings. The molecular formula is C23H23Cl2NO8. The van der Waals surface area contributed by atoms with E-state index in [1.807, 2.05) is 0 Å². The minimum Gasteiger partial charge on any atom is -0.489 e. The van der Waals surface area contributed by atoms with Crippen LogP contribution in [0.15, 0.2) is 42.5 Å². The number of carbonyl (C=O) groups is 3. The Balaban J connectivity index is 1.59. The van der Waals surface area contributed by atoms with Crippen molar-refractivity contribution in [3.05, 3.63) is 63.6 Å². The van der Waals surface area contributed by atoms with E-state index < -0.39 is 36.1 Å². The minimum absolute atomic E-state index is 0.00462. The zero-order valence-corrected chi connectivity index (χ0v) is 19.7. The van der Waals surface area contributed by atoms with Crippen molar-refractivity contribution in [2.75, 3.05) is 13.4 Å². The predicted octanol–water partition coefficient (Wildman–Crippen LogP) is 2.99. The quantitative estimate of drug-likeness (QED) is 0.467. The highest BCUT2D eigenvalue weighted by molar-refractivity contribution is 6.35. The molecule has 2 N–H and O–H groups in total. The molecule has 3 atom stereocenters. The molecule has 1 heterocycles. The summed E-state index contributed by atoms with van der Waals surface area (Å²) in [5, 5.41) is 13.0. The summed E-state index contributed by atoms with van der Waals surface area (Å²) in [6.07, 6.45) is -2.55. The molecule has 1 aliphatic heterocycles. The van der Waals surface area contributed by atoms with Crippen LogP contribution >= 0.6 is 23.2 Å². The van der Waals surface area contributed by atoms with Crippen molar-refractivity contribution in [2.24, 2.45) is 0 Å². The van der Waals surface area contributed by atoms with Crippen molar-refractivity contribution in [3.8, 4) is 5.75 Å². The van der Waals surface area contributed by atoms with Crippen LogP contribution in [-0.4, -0.2) is 54.6 Å². The van der Waals surface area contributed by atoms with E-state index in [4.69, 9.17) is 42.1 Å². The first-order valence-corrected chi connectivity index (χ1v) is 11.1. The van der Waals surface area contributed by atoms with Gasteiger partial charge in [-0.15, -0.1) is 0 Å². The molecule has 0 aliphatic carbocycles. The fraction of sp³-hybridized carbons (Fsp3) is 0.348. The lowest BCUT2D eigenvalue weighted by Gasteiger charge is -2.19. The fourth-order valence-corrected chi connectivity index (χ4v) is 3.73. The number of rotatable bonds is 10. The summed E-state index contributed by atoms with van der Waals surface area (Å²) in [7, 11) is 0. The maximum atomic E-state index is 12.6. The second kappa shape index (κ2) is 12.0. The number of nitrogens with one attached hydrogen (secondary N) is 1. The average Bonchev–Trinajstić information content (AvgIpc) is 3.30. The van der Waals surface area contributed by atoms with Crippen LogP contribution in [0.3, 0.4) is 0 Å². The lowest BCUT2D eigenvalue weighted by molar-refractivity contribution is -0.156. The van der Waals surface area contributed by atoms with E-state index in [1.54, 1.807) is 49.4 Å². The van der Waals surface area contributed by atoms with Crippen LogP contribution in [0, 0.1) is 0 Å². The van der Waals surface area contributed by atoms with Gasteiger partial charge in [-0.05, 0) is 36.8 Å². The lowest BCUT2D eigenvalue weighted by atomic mass is 10.0. The molecule has 3 unspecified atom stereocenters. The van der Waals surface area contributed by atoms with Crippen LogP contribution in [0.25, 0.3) is 0 Å². The van der Waals surface area contributed by atoms with Crippen LogP contribution in [-0.2, 0) is 41.6 Å². The smallest absolute Gasteiger partial charge is 0.338 e. The molecule has 34 heavy (non-hydrogen) atoms. The maximum absolute atomic E-state index is 12.6. The first-order valence-electron chi connectivity index (χ1n) is 10.4. The molecule has 2 aromatic carbocycles. The average molecular weight is 512 g/mol. The van der Waals surface area contributed by atoms with E-state index in [-0.39, 0.29) is 26.4 Å². The van der Waals surface area contributed by atoms with Gasteiger partial charge in [-0.1, -0.05) is 41.4 Å². The number of ether oxygens (including phenoxy) is 4. The summed E-state index contributed by atoms with van der Waals surface area (Å²) in [5.41, 5.74) is 1.30. The second-order valence-corrected chi connectivity index (χ2v) is 8.10. The van der Waals surface area contributed by atoms with Crippen molar-refractivity contribution >= 4 is 41.0 Å². The molecule has 1 aliphatic rings. The minimum atomic E-state index is -1.30. The largest absolute Gasteiger partial charge is 0.489 e. The Labute approximate surface area is 205 Å². The molecule has 182 valence electrons. The zero-order chi connectivity index (χ0) is 24.7. The van der Waals surface area contributed by atoms with E-state index in [1.165, 1.54) is 0 Å². The van der Waals surface area contributed by atoms with Crippen LogP contribution in [0.1, 0.15) is 18.1 Å². The first-order chi connectivity index (χ1) is 16.3.